The lowest BCUT2D eigenvalue weighted by atomic mass is 9.89. The minimum atomic E-state index is -0.276. The van der Waals surface area contributed by atoms with Crippen molar-refractivity contribution in [2.45, 2.75) is 12.3 Å². The lowest BCUT2D eigenvalue weighted by molar-refractivity contribution is -0.116. The molecule has 1 aromatic heterocycles. The number of carbonyl (C=O) groups is 1. The number of hydrogen-bond acceptors (Lipinski definition) is 5. The summed E-state index contributed by atoms with van der Waals surface area (Å²) in [6, 6.07) is 13.1. The maximum absolute atomic E-state index is 12.4. The number of phenols is 1. The molecule has 0 bridgehead atoms. The average molecular weight is 365 g/mol. The Morgan fingerprint density at radius 1 is 1.15 bits per heavy atom. The molecule has 138 valence electrons. The Kier molecular flexibility index (Phi) is 4.19. The zero-order valence-corrected chi connectivity index (χ0v) is 15.0. The first-order valence-electron chi connectivity index (χ1n) is 8.49. The molecular weight excluding hydrogens is 346 g/mol. The number of aromatic hydroxyl groups is 1. The number of nitrogens with one attached hydrogen (secondary N) is 1. The Bertz CT molecular complexity index is 973. The van der Waals surface area contributed by atoms with E-state index in [0.29, 0.717) is 17.3 Å². The van der Waals surface area contributed by atoms with Gasteiger partial charge < -0.3 is 19.9 Å². The van der Waals surface area contributed by atoms with Crippen molar-refractivity contribution in [2.75, 3.05) is 19.5 Å². The van der Waals surface area contributed by atoms with E-state index in [0.717, 1.165) is 16.9 Å². The standard InChI is InChI=1S/C20H19N3O4/c1-26-15-8-12(9-16(27-2)19(15)25)14-10-17(24)22-20-18(14)21-11-23(20)13-6-4-3-5-7-13/h3-9,11,14,25H,10H2,1-2H3,(H,22,24)/t14-/m0/s1. The van der Waals surface area contributed by atoms with Crippen LogP contribution in [-0.4, -0.2) is 34.8 Å². The van der Waals surface area contributed by atoms with Gasteiger partial charge in [0.1, 0.15) is 12.1 Å². The molecule has 0 aliphatic carbocycles. The van der Waals surface area contributed by atoms with Crippen molar-refractivity contribution in [1.29, 1.82) is 0 Å². The fourth-order valence-corrected chi connectivity index (χ4v) is 3.38. The molecule has 2 heterocycles. The highest BCUT2D eigenvalue weighted by Crippen LogP contribution is 2.43. The first-order chi connectivity index (χ1) is 13.1. The normalized spacial score (nSPS) is 15.8. The quantitative estimate of drug-likeness (QED) is 0.742. The summed E-state index contributed by atoms with van der Waals surface area (Å²) in [6.45, 7) is 0. The van der Waals surface area contributed by atoms with Gasteiger partial charge in [0.15, 0.2) is 11.5 Å². The van der Waals surface area contributed by atoms with Gasteiger partial charge in [0.05, 0.1) is 19.9 Å². The molecule has 0 saturated heterocycles. The molecule has 3 aromatic rings. The van der Waals surface area contributed by atoms with Gasteiger partial charge in [-0.05, 0) is 29.8 Å². The van der Waals surface area contributed by atoms with Gasteiger partial charge in [0.25, 0.3) is 0 Å². The fraction of sp³-hybridized carbons (Fsp3) is 0.200. The van der Waals surface area contributed by atoms with E-state index in [4.69, 9.17) is 9.47 Å². The number of anilines is 1. The van der Waals surface area contributed by atoms with Crippen molar-refractivity contribution in [3.05, 3.63) is 60.0 Å². The van der Waals surface area contributed by atoms with E-state index in [-0.39, 0.29) is 24.0 Å². The van der Waals surface area contributed by atoms with Crippen molar-refractivity contribution in [1.82, 2.24) is 9.55 Å². The van der Waals surface area contributed by atoms with Crippen LogP contribution in [0.2, 0.25) is 0 Å². The molecule has 27 heavy (non-hydrogen) atoms. The molecule has 0 fully saturated rings. The molecule has 4 rings (SSSR count). The molecule has 0 saturated carbocycles. The van der Waals surface area contributed by atoms with Crippen molar-refractivity contribution in [3.8, 4) is 22.9 Å². The number of nitrogens with zero attached hydrogens (tertiary/aromatic N) is 2. The first-order valence-corrected chi connectivity index (χ1v) is 8.49. The van der Waals surface area contributed by atoms with Crippen LogP contribution in [0.4, 0.5) is 5.82 Å². The number of phenolic OH excluding ortho intramolecular Hbond substituents is 1. The minimum absolute atomic E-state index is 0.0703. The monoisotopic (exact) mass is 365 g/mol. The topological polar surface area (TPSA) is 85.6 Å². The van der Waals surface area contributed by atoms with Crippen LogP contribution >= 0.6 is 0 Å². The fourth-order valence-electron chi connectivity index (χ4n) is 3.38. The van der Waals surface area contributed by atoms with Gasteiger partial charge >= 0.3 is 0 Å². The molecule has 0 unspecified atom stereocenters. The smallest absolute Gasteiger partial charge is 0.226 e. The second-order valence-electron chi connectivity index (χ2n) is 6.26. The maximum Gasteiger partial charge on any atom is 0.226 e. The predicted molar refractivity (Wildman–Crippen MR) is 99.9 cm³/mol. The molecule has 1 aliphatic rings. The van der Waals surface area contributed by atoms with Crippen LogP contribution in [0.15, 0.2) is 48.8 Å². The SMILES string of the molecule is COc1cc([C@@H]2CC(=O)Nc3c2ncn3-c2ccccc2)cc(OC)c1O. The first kappa shape index (κ1) is 17.0. The lowest BCUT2D eigenvalue weighted by Gasteiger charge is -2.24. The van der Waals surface area contributed by atoms with Crippen LogP contribution in [0.3, 0.4) is 0 Å². The van der Waals surface area contributed by atoms with Crippen molar-refractivity contribution in [3.63, 3.8) is 0 Å². The summed E-state index contributed by atoms with van der Waals surface area (Å²) < 4.78 is 12.4. The Balaban J connectivity index is 1.84. The number of imidazole rings is 1. The van der Waals surface area contributed by atoms with Crippen molar-refractivity contribution < 1.29 is 19.4 Å². The molecule has 2 N–H and O–H groups in total. The molecule has 1 aliphatic heterocycles. The van der Waals surface area contributed by atoms with E-state index in [2.05, 4.69) is 10.3 Å². The van der Waals surface area contributed by atoms with Gasteiger partial charge in [-0.15, -0.1) is 0 Å². The molecule has 2 aromatic carbocycles. The number of methoxy groups -OCH3 is 2. The number of fused-ring (bicyclic) bond motifs is 1. The third-order valence-electron chi connectivity index (χ3n) is 4.71. The molecule has 0 spiro atoms. The third kappa shape index (κ3) is 2.87. The van der Waals surface area contributed by atoms with E-state index in [9.17, 15) is 9.90 Å². The Morgan fingerprint density at radius 3 is 2.44 bits per heavy atom. The number of amides is 1. The van der Waals surface area contributed by atoms with Crippen LogP contribution in [0.25, 0.3) is 5.69 Å². The van der Waals surface area contributed by atoms with E-state index >= 15 is 0 Å². The van der Waals surface area contributed by atoms with E-state index in [1.807, 2.05) is 34.9 Å². The lowest BCUT2D eigenvalue weighted by Crippen LogP contribution is -2.25. The maximum atomic E-state index is 12.4. The number of rotatable bonds is 4. The van der Waals surface area contributed by atoms with Crippen LogP contribution < -0.4 is 14.8 Å². The highest BCUT2D eigenvalue weighted by Gasteiger charge is 2.32. The minimum Gasteiger partial charge on any atom is -0.502 e. The van der Waals surface area contributed by atoms with Crippen LogP contribution in [0.1, 0.15) is 23.6 Å². The summed E-state index contributed by atoms with van der Waals surface area (Å²) in [7, 11) is 2.95. The zero-order chi connectivity index (χ0) is 19.0. The van der Waals surface area contributed by atoms with E-state index in [1.54, 1.807) is 18.5 Å². The number of benzene rings is 2. The van der Waals surface area contributed by atoms with Crippen LogP contribution in [0, 0.1) is 0 Å². The second-order valence-corrected chi connectivity index (χ2v) is 6.26. The number of ether oxygens (including phenoxy) is 2. The Labute approximate surface area is 156 Å². The summed E-state index contributed by atoms with van der Waals surface area (Å²) >= 11 is 0. The van der Waals surface area contributed by atoms with Gasteiger partial charge in [-0.25, -0.2) is 4.98 Å². The summed E-state index contributed by atoms with van der Waals surface area (Å²) in [5, 5.41) is 13.1. The number of hydrogen-bond donors (Lipinski definition) is 2. The number of carbonyl (C=O) groups excluding carboxylic acids is 1. The molecular formula is C20H19N3O4. The number of para-hydroxylation sites is 1. The summed E-state index contributed by atoms with van der Waals surface area (Å²) in [5.74, 6) is 0.782. The highest BCUT2D eigenvalue weighted by molar-refractivity contribution is 5.94. The zero-order valence-electron chi connectivity index (χ0n) is 15.0. The van der Waals surface area contributed by atoms with Gasteiger partial charge in [-0.1, -0.05) is 18.2 Å². The Morgan fingerprint density at radius 2 is 1.81 bits per heavy atom. The largest absolute Gasteiger partial charge is 0.502 e. The molecule has 7 nitrogen and oxygen atoms in total. The van der Waals surface area contributed by atoms with Gasteiger partial charge in [-0.3, -0.25) is 9.36 Å². The van der Waals surface area contributed by atoms with Crippen LogP contribution in [-0.2, 0) is 4.79 Å². The molecule has 1 atom stereocenters. The van der Waals surface area contributed by atoms with Crippen molar-refractivity contribution >= 4 is 11.7 Å². The van der Waals surface area contributed by atoms with E-state index in [1.165, 1.54) is 14.2 Å². The number of aromatic nitrogens is 2. The third-order valence-corrected chi connectivity index (χ3v) is 4.71. The molecule has 0 radical (unpaired) electrons. The van der Waals surface area contributed by atoms with Gasteiger partial charge in [0, 0.05) is 18.0 Å². The van der Waals surface area contributed by atoms with E-state index < -0.39 is 0 Å². The predicted octanol–water partition coefficient (Wildman–Crippen LogP) is 3.07. The molecule has 1 amide bonds. The second kappa shape index (κ2) is 6.68. The highest BCUT2D eigenvalue weighted by atomic mass is 16.5. The summed E-state index contributed by atoms with van der Waals surface area (Å²) in [5.41, 5.74) is 2.46. The van der Waals surface area contributed by atoms with Gasteiger partial charge in [0.2, 0.25) is 11.7 Å². The summed E-state index contributed by atoms with van der Waals surface area (Å²) in [6.07, 6.45) is 1.95. The molecule has 7 heteroatoms. The van der Waals surface area contributed by atoms with Crippen LogP contribution in [0.5, 0.6) is 17.2 Å². The Hall–Kier alpha value is -3.48. The van der Waals surface area contributed by atoms with Crippen molar-refractivity contribution in [2.24, 2.45) is 0 Å². The average Bonchev–Trinajstić information content (AvgIpc) is 3.12. The van der Waals surface area contributed by atoms with Gasteiger partial charge in [-0.2, -0.15) is 0 Å². The summed E-state index contributed by atoms with van der Waals surface area (Å²) in [4.78, 5) is 17.0.